The summed E-state index contributed by atoms with van der Waals surface area (Å²) in [5, 5.41) is 24.9. The molecule has 2 aromatic rings. The minimum absolute atomic E-state index is 0.313. The molecule has 0 aliphatic heterocycles. The smallest absolute Gasteiger partial charge is 0.193 e. The number of aromatic nitrogens is 5. The van der Waals surface area contributed by atoms with Crippen LogP contribution in [0.2, 0.25) is 0 Å². The summed E-state index contributed by atoms with van der Waals surface area (Å²) >= 11 is 0. The third-order valence-corrected chi connectivity index (χ3v) is 1.91. The first-order chi connectivity index (χ1) is 7.81. The maximum absolute atomic E-state index is 8.77. The zero-order valence-electron chi connectivity index (χ0n) is 8.18. The number of H-pyrrole nitrogens is 1. The molecule has 4 N–H and O–H groups in total. The van der Waals surface area contributed by atoms with Crippen LogP contribution in [0.5, 0.6) is 0 Å². The Bertz CT molecular complexity index is 511. The van der Waals surface area contributed by atoms with Crippen LogP contribution in [0, 0.1) is 11.3 Å². The minimum Gasteiger partial charge on any atom is -0.395 e. The molecule has 0 bridgehead atoms. The first kappa shape index (κ1) is 9.85. The first-order valence-electron chi connectivity index (χ1n) is 4.42. The number of pyridine rings is 1. The lowest BCUT2D eigenvalue weighted by Gasteiger charge is -2.06. The van der Waals surface area contributed by atoms with Gasteiger partial charge in [-0.3, -0.25) is 0 Å². The summed E-state index contributed by atoms with van der Waals surface area (Å²) in [6.45, 7) is 0.336. The highest BCUT2D eigenvalue weighted by atomic mass is 15.5. The van der Waals surface area contributed by atoms with Gasteiger partial charge >= 0.3 is 0 Å². The van der Waals surface area contributed by atoms with E-state index in [2.05, 4.69) is 30.9 Å². The molecule has 0 fully saturated rings. The Morgan fingerprint density at radius 2 is 2.44 bits per heavy atom. The lowest BCUT2D eigenvalue weighted by molar-refractivity contribution is 0.881. The zero-order chi connectivity index (χ0) is 11.4. The van der Waals surface area contributed by atoms with Crippen LogP contribution in [0.3, 0.4) is 0 Å². The van der Waals surface area contributed by atoms with E-state index in [1.165, 1.54) is 6.20 Å². The predicted molar refractivity (Wildman–Crippen MR) is 54.9 cm³/mol. The fourth-order valence-electron chi connectivity index (χ4n) is 1.13. The van der Waals surface area contributed by atoms with Crippen LogP contribution in [-0.4, -0.2) is 25.6 Å². The molecule has 2 heterocycles. The van der Waals surface area contributed by atoms with E-state index in [9.17, 15) is 0 Å². The van der Waals surface area contributed by atoms with Crippen LogP contribution in [0.15, 0.2) is 12.3 Å². The summed E-state index contributed by atoms with van der Waals surface area (Å²) in [7, 11) is 0. The average Bonchev–Trinajstić information content (AvgIpc) is 2.81. The van der Waals surface area contributed by atoms with Crippen molar-refractivity contribution in [3.63, 3.8) is 0 Å². The van der Waals surface area contributed by atoms with Crippen LogP contribution in [-0.2, 0) is 6.54 Å². The maximum Gasteiger partial charge on any atom is 0.193 e. The lowest BCUT2D eigenvalue weighted by Crippen LogP contribution is -2.06. The van der Waals surface area contributed by atoms with Crippen LogP contribution >= 0.6 is 0 Å². The van der Waals surface area contributed by atoms with Gasteiger partial charge in [0, 0.05) is 6.20 Å². The quantitative estimate of drug-likeness (QED) is 0.639. The molecule has 8 heteroatoms. The molecule has 0 aromatic carbocycles. The van der Waals surface area contributed by atoms with Gasteiger partial charge in [-0.05, 0) is 6.07 Å². The van der Waals surface area contributed by atoms with Crippen LogP contribution in [0.1, 0.15) is 11.4 Å². The van der Waals surface area contributed by atoms with Gasteiger partial charge in [0.2, 0.25) is 0 Å². The molecule has 16 heavy (non-hydrogen) atoms. The third kappa shape index (κ3) is 1.88. The van der Waals surface area contributed by atoms with E-state index in [-0.39, 0.29) is 0 Å². The van der Waals surface area contributed by atoms with E-state index < -0.39 is 0 Å². The normalized spacial score (nSPS) is 9.69. The first-order valence-corrected chi connectivity index (χ1v) is 4.42. The van der Waals surface area contributed by atoms with Crippen molar-refractivity contribution in [2.75, 3.05) is 11.1 Å². The Hall–Kier alpha value is -2.69. The highest BCUT2D eigenvalue weighted by Gasteiger charge is 2.06. The standard InChI is InChI=1S/C8H8N8/c9-3-5-1-2-11-8(7(5)10)12-4-6-13-15-16-14-6/h1-2H,4,10H2,(H,11,12)(H,13,14,15,16). The van der Waals surface area contributed by atoms with Crippen molar-refractivity contribution in [2.45, 2.75) is 6.54 Å². The number of hydrogen-bond acceptors (Lipinski definition) is 7. The lowest BCUT2D eigenvalue weighted by atomic mass is 10.2. The van der Waals surface area contributed by atoms with E-state index in [4.69, 9.17) is 11.0 Å². The van der Waals surface area contributed by atoms with E-state index in [0.29, 0.717) is 29.4 Å². The largest absolute Gasteiger partial charge is 0.395 e. The van der Waals surface area contributed by atoms with Gasteiger partial charge in [0.05, 0.1) is 17.8 Å². The van der Waals surface area contributed by atoms with E-state index in [0.717, 1.165) is 0 Å². The number of aromatic amines is 1. The van der Waals surface area contributed by atoms with Gasteiger partial charge in [-0.2, -0.15) is 10.5 Å². The molecule has 0 atom stereocenters. The number of nitriles is 1. The van der Waals surface area contributed by atoms with Crippen molar-refractivity contribution in [3.05, 3.63) is 23.7 Å². The number of nitrogens with one attached hydrogen (secondary N) is 2. The Labute approximate surface area is 90.5 Å². The molecule has 80 valence electrons. The van der Waals surface area contributed by atoms with Gasteiger partial charge in [0.15, 0.2) is 11.6 Å². The van der Waals surface area contributed by atoms with Crippen molar-refractivity contribution in [2.24, 2.45) is 0 Å². The van der Waals surface area contributed by atoms with Gasteiger partial charge in [-0.1, -0.05) is 5.21 Å². The second kappa shape index (κ2) is 4.22. The summed E-state index contributed by atoms with van der Waals surface area (Å²) in [6.07, 6.45) is 1.51. The Balaban J connectivity index is 2.13. The number of anilines is 2. The van der Waals surface area contributed by atoms with Gasteiger partial charge < -0.3 is 11.1 Å². The number of nitrogens with two attached hydrogens (primary N) is 1. The highest BCUT2D eigenvalue weighted by molar-refractivity contribution is 5.68. The number of hydrogen-bond donors (Lipinski definition) is 3. The second-order valence-corrected chi connectivity index (χ2v) is 2.91. The van der Waals surface area contributed by atoms with Crippen LogP contribution < -0.4 is 11.1 Å². The minimum atomic E-state index is 0.313. The number of nitrogen functional groups attached to an aromatic ring is 1. The predicted octanol–water partition coefficient (Wildman–Crippen LogP) is -0.339. The fourth-order valence-corrected chi connectivity index (χ4v) is 1.13. The topological polar surface area (TPSA) is 129 Å². The number of rotatable bonds is 3. The van der Waals surface area contributed by atoms with Crippen molar-refractivity contribution in [3.8, 4) is 6.07 Å². The molecule has 0 aliphatic carbocycles. The Kier molecular flexibility index (Phi) is 2.60. The van der Waals surface area contributed by atoms with Gasteiger partial charge in [-0.25, -0.2) is 4.98 Å². The molecule has 0 aliphatic rings. The van der Waals surface area contributed by atoms with Crippen molar-refractivity contribution in [1.82, 2.24) is 25.6 Å². The zero-order valence-corrected chi connectivity index (χ0v) is 8.18. The molecular formula is C8H8N8. The Morgan fingerprint density at radius 3 is 3.12 bits per heavy atom. The molecule has 0 saturated heterocycles. The van der Waals surface area contributed by atoms with E-state index in [1.807, 2.05) is 6.07 Å². The highest BCUT2D eigenvalue weighted by Crippen LogP contribution is 2.18. The van der Waals surface area contributed by atoms with Crippen molar-refractivity contribution >= 4 is 11.5 Å². The summed E-state index contributed by atoms with van der Waals surface area (Å²) in [4.78, 5) is 4.01. The average molecular weight is 216 g/mol. The summed E-state index contributed by atoms with van der Waals surface area (Å²) in [6, 6.07) is 3.52. The molecule has 0 amide bonds. The van der Waals surface area contributed by atoms with Crippen LogP contribution in [0.4, 0.5) is 11.5 Å². The van der Waals surface area contributed by atoms with Crippen molar-refractivity contribution < 1.29 is 0 Å². The monoisotopic (exact) mass is 216 g/mol. The molecule has 0 saturated carbocycles. The molecular weight excluding hydrogens is 208 g/mol. The SMILES string of the molecule is N#Cc1ccnc(NCc2nn[nH]n2)c1N. The summed E-state index contributed by atoms with van der Waals surface area (Å²) in [5.74, 6) is 0.924. The molecule has 0 radical (unpaired) electrons. The maximum atomic E-state index is 8.77. The second-order valence-electron chi connectivity index (χ2n) is 2.91. The van der Waals surface area contributed by atoms with E-state index in [1.54, 1.807) is 6.07 Å². The number of tetrazole rings is 1. The molecule has 2 aromatic heterocycles. The summed E-state index contributed by atoms with van der Waals surface area (Å²) in [5.41, 5.74) is 6.42. The fraction of sp³-hybridized carbons (Fsp3) is 0.125. The van der Waals surface area contributed by atoms with Crippen molar-refractivity contribution in [1.29, 1.82) is 5.26 Å². The number of nitrogens with zero attached hydrogens (tertiary/aromatic N) is 5. The summed E-state index contributed by atoms with van der Waals surface area (Å²) < 4.78 is 0. The van der Waals surface area contributed by atoms with Crippen LogP contribution in [0.25, 0.3) is 0 Å². The Morgan fingerprint density at radius 1 is 1.56 bits per heavy atom. The van der Waals surface area contributed by atoms with Gasteiger partial charge in [0.25, 0.3) is 0 Å². The molecule has 8 nitrogen and oxygen atoms in total. The molecule has 0 unspecified atom stereocenters. The van der Waals surface area contributed by atoms with Gasteiger partial charge in [0.1, 0.15) is 6.07 Å². The van der Waals surface area contributed by atoms with Gasteiger partial charge in [-0.15, -0.1) is 10.2 Å². The molecule has 2 rings (SSSR count). The van der Waals surface area contributed by atoms with E-state index >= 15 is 0 Å². The third-order valence-electron chi connectivity index (χ3n) is 1.91. The molecule has 0 spiro atoms.